The lowest BCUT2D eigenvalue weighted by Gasteiger charge is -2.37. The van der Waals surface area contributed by atoms with E-state index >= 15 is 0 Å². The Morgan fingerprint density at radius 3 is 2.61 bits per heavy atom. The molecule has 166 valence electrons. The van der Waals surface area contributed by atoms with Crippen LogP contribution in [0.3, 0.4) is 0 Å². The number of anilines is 1. The second-order valence-corrected chi connectivity index (χ2v) is 9.35. The summed E-state index contributed by atoms with van der Waals surface area (Å²) in [7, 11) is 1.62. The van der Waals surface area contributed by atoms with Crippen molar-refractivity contribution in [1.82, 2.24) is 10.2 Å². The molecule has 0 radical (unpaired) electrons. The van der Waals surface area contributed by atoms with Gasteiger partial charge < -0.3 is 14.1 Å². The smallest absolute Gasteiger partial charge is 0.277 e. The molecule has 0 saturated heterocycles. The first kappa shape index (κ1) is 21.6. The Kier molecular flexibility index (Phi) is 6.37. The maximum absolute atomic E-state index is 13.5. The van der Waals surface area contributed by atoms with Crippen LogP contribution in [0, 0.1) is 0 Å². The lowest BCUT2D eigenvalue weighted by Crippen LogP contribution is -2.39. The number of fused-ring (bicyclic) bond motifs is 1. The third-order valence-electron chi connectivity index (χ3n) is 5.35. The molecule has 0 bridgehead atoms. The average molecular weight is 476 g/mol. The van der Waals surface area contributed by atoms with E-state index in [-0.39, 0.29) is 17.7 Å². The molecular formula is C25H21N3O3S2. The van der Waals surface area contributed by atoms with Gasteiger partial charge in [-0.15, -0.1) is 22.0 Å². The number of amides is 1. The van der Waals surface area contributed by atoms with E-state index in [0.29, 0.717) is 11.1 Å². The number of nitrogens with zero attached hydrogens (tertiary/aromatic N) is 3. The van der Waals surface area contributed by atoms with E-state index in [9.17, 15) is 4.79 Å². The topological polar surface area (TPSA) is 68.5 Å². The van der Waals surface area contributed by atoms with Crippen LogP contribution in [0.5, 0.6) is 5.75 Å². The monoisotopic (exact) mass is 475 g/mol. The summed E-state index contributed by atoms with van der Waals surface area (Å²) < 4.78 is 11.0. The third-order valence-corrected chi connectivity index (χ3v) is 7.29. The van der Waals surface area contributed by atoms with Crippen molar-refractivity contribution >= 4 is 35.1 Å². The summed E-state index contributed by atoms with van der Waals surface area (Å²) in [6.07, 6.45) is 0. The van der Waals surface area contributed by atoms with E-state index in [0.717, 1.165) is 33.2 Å². The summed E-state index contributed by atoms with van der Waals surface area (Å²) in [5.74, 6) is 2.18. The zero-order valence-electron chi connectivity index (χ0n) is 17.9. The number of ether oxygens (including phenoxy) is 1. The normalized spacial score (nSPS) is 15.2. The number of benzene rings is 3. The molecule has 1 aromatic heterocycles. The first-order valence-corrected chi connectivity index (χ1v) is 12.4. The fourth-order valence-electron chi connectivity index (χ4n) is 3.73. The first-order chi connectivity index (χ1) is 16.2. The number of carbonyl (C=O) groups is 1. The van der Waals surface area contributed by atoms with E-state index in [1.807, 2.05) is 65.6 Å². The van der Waals surface area contributed by atoms with E-state index in [1.54, 1.807) is 18.9 Å². The second-order valence-electron chi connectivity index (χ2n) is 7.36. The van der Waals surface area contributed by atoms with E-state index in [4.69, 9.17) is 9.15 Å². The number of methoxy groups -OCH3 is 1. The molecule has 6 nitrogen and oxygen atoms in total. The minimum Gasteiger partial charge on any atom is -0.497 e. The summed E-state index contributed by atoms with van der Waals surface area (Å²) in [4.78, 5) is 16.5. The number of aromatic nitrogens is 2. The number of rotatable bonds is 6. The number of para-hydroxylation sites is 1. The van der Waals surface area contributed by atoms with Crippen LogP contribution < -0.4 is 9.64 Å². The van der Waals surface area contributed by atoms with Crippen LogP contribution in [0.15, 0.2) is 93.4 Å². The molecule has 0 saturated carbocycles. The van der Waals surface area contributed by atoms with Crippen molar-refractivity contribution in [2.45, 2.75) is 16.2 Å². The minimum absolute atomic E-state index is 0.00537. The van der Waals surface area contributed by atoms with Gasteiger partial charge in [0, 0.05) is 16.2 Å². The molecule has 0 spiro atoms. The standard InChI is InChI=1S/C25H21N3O3S2/c1-30-19-13-11-18(12-14-19)24-26-27-25(31-24)33-16-23(29)28-20-9-5-6-10-22(20)32-15-21(28)17-7-3-2-4-8-17/h2-14,21H,15-16H2,1H3/t21-/m1/s1. The van der Waals surface area contributed by atoms with E-state index in [1.165, 1.54) is 11.8 Å². The summed E-state index contributed by atoms with van der Waals surface area (Å²) in [6.45, 7) is 0. The zero-order valence-corrected chi connectivity index (χ0v) is 19.5. The molecule has 0 aliphatic carbocycles. The van der Waals surface area contributed by atoms with Gasteiger partial charge in [-0.05, 0) is 42.0 Å². The Labute approximate surface area is 200 Å². The van der Waals surface area contributed by atoms with Gasteiger partial charge >= 0.3 is 0 Å². The highest BCUT2D eigenvalue weighted by molar-refractivity contribution is 8.00. The molecule has 33 heavy (non-hydrogen) atoms. The predicted octanol–water partition coefficient (Wildman–Crippen LogP) is 5.72. The number of carbonyl (C=O) groups excluding carboxylic acids is 1. The van der Waals surface area contributed by atoms with Gasteiger partial charge in [0.2, 0.25) is 11.8 Å². The van der Waals surface area contributed by atoms with Crippen molar-refractivity contribution in [1.29, 1.82) is 0 Å². The number of thioether (sulfide) groups is 2. The summed E-state index contributed by atoms with van der Waals surface area (Å²) >= 11 is 3.03. The summed E-state index contributed by atoms with van der Waals surface area (Å²) in [6, 6.07) is 25.6. The van der Waals surface area contributed by atoms with Crippen LogP contribution in [0.1, 0.15) is 11.6 Å². The van der Waals surface area contributed by atoms with E-state index in [2.05, 4.69) is 28.4 Å². The van der Waals surface area contributed by atoms with Crippen LogP contribution in [0.2, 0.25) is 0 Å². The van der Waals surface area contributed by atoms with Gasteiger partial charge in [0.15, 0.2) is 0 Å². The largest absolute Gasteiger partial charge is 0.497 e. The van der Waals surface area contributed by atoms with Crippen molar-refractivity contribution in [2.75, 3.05) is 23.5 Å². The maximum Gasteiger partial charge on any atom is 0.277 e. The Balaban J connectivity index is 1.34. The lowest BCUT2D eigenvalue weighted by atomic mass is 10.1. The molecular weight excluding hydrogens is 454 g/mol. The molecule has 1 amide bonds. The van der Waals surface area contributed by atoms with Gasteiger partial charge in [-0.2, -0.15) is 0 Å². The van der Waals surface area contributed by atoms with Crippen molar-refractivity contribution < 1.29 is 13.9 Å². The molecule has 1 aliphatic rings. The molecule has 2 heterocycles. The zero-order chi connectivity index (χ0) is 22.6. The van der Waals surface area contributed by atoms with Crippen LogP contribution >= 0.6 is 23.5 Å². The number of hydrogen-bond donors (Lipinski definition) is 0. The molecule has 8 heteroatoms. The van der Waals surface area contributed by atoms with Crippen molar-refractivity contribution in [3.63, 3.8) is 0 Å². The molecule has 0 N–H and O–H groups in total. The highest BCUT2D eigenvalue weighted by atomic mass is 32.2. The number of hydrogen-bond acceptors (Lipinski definition) is 7. The highest BCUT2D eigenvalue weighted by Gasteiger charge is 2.32. The average Bonchev–Trinajstić information content (AvgIpc) is 3.36. The van der Waals surface area contributed by atoms with Gasteiger partial charge in [0.25, 0.3) is 5.22 Å². The lowest BCUT2D eigenvalue weighted by molar-refractivity contribution is -0.116. The summed E-state index contributed by atoms with van der Waals surface area (Å²) in [5, 5.41) is 8.60. The Morgan fingerprint density at radius 2 is 1.82 bits per heavy atom. The minimum atomic E-state index is -0.0308. The molecule has 5 rings (SSSR count). The van der Waals surface area contributed by atoms with Crippen LogP contribution in [0.25, 0.3) is 11.5 Å². The molecule has 1 atom stereocenters. The van der Waals surface area contributed by atoms with Gasteiger partial charge in [-0.25, -0.2) is 0 Å². The van der Waals surface area contributed by atoms with Gasteiger partial charge in [0.05, 0.1) is 24.6 Å². The molecule has 4 aromatic rings. The van der Waals surface area contributed by atoms with E-state index < -0.39 is 0 Å². The van der Waals surface area contributed by atoms with Crippen molar-refractivity contribution in [2.24, 2.45) is 0 Å². The molecule has 1 aliphatic heterocycles. The SMILES string of the molecule is COc1ccc(-c2nnc(SCC(=O)N3c4ccccc4SC[C@@H]3c3ccccc3)o2)cc1. The predicted molar refractivity (Wildman–Crippen MR) is 131 cm³/mol. The highest BCUT2D eigenvalue weighted by Crippen LogP contribution is 2.43. The Bertz CT molecular complexity index is 1250. The first-order valence-electron chi connectivity index (χ1n) is 10.4. The van der Waals surface area contributed by atoms with Crippen LogP contribution in [-0.2, 0) is 4.79 Å². The Hall–Kier alpha value is -3.23. The Morgan fingerprint density at radius 1 is 1.06 bits per heavy atom. The second kappa shape index (κ2) is 9.72. The summed E-state index contributed by atoms with van der Waals surface area (Å²) in [5.41, 5.74) is 2.86. The fourth-order valence-corrected chi connectivity index (χ4v) is 5.52. The third kappa shape index (κ3) is 4.62. The van der Waals surface area contributed by atoms with Gasteiger partial charge in [-0.3, -0.25) is 4.79 Å². The quantitative estimate of drug-likeness (QED) is 0.331. The van der Waals surface area contributed by atoms with Crippen molar-refractivity contribution in [3.05, 3.63) is 84.4 Å². The molecule has 0 unspecified atom stereocenters. The van der Waals surface area contributed by atoms with Gasteiger partial charge in [-0.1, -0.05) is 54.2 Å². The molecule has 0 fully saturated rings. The van der Waals surface area contributed by atoms with Crippen molar-refractivity contribution in [3.8, 4) is 17.2 Å². The molecule has 3 aromatic carbocycles. The van der Waals surface area contributed by atoms with Gasteiger partial charge in [0.1, 0.15) is 5.75 Å². The van der Waals surface area contributed by atoms with Crippen LogP contribution in [0.4, 0.5) is 5.69 Å². The fraction of sp³-hybridized carbons (Fsp3) is 0.160. The van der Waals surface area contributed by atoms with Crippen LogP contribution in [-0.4, -0.2) is 34.7 Å². The maximum atomic E-state index is 13.5.